The minimum Gasteiger partial charge on any atom is -0.394 e. The summed E-state index contributed by atoms with van der Waals surface area (Å²) in [5.41, 5.74) is 0. The molecule has 11 heterocycles. The Morgan fingerprint density at radius 2 is 0.400 bits per heavy atom. The van der Waals surface area contributed by atoms with Crippen molar-refractivity contribution in [1.82, 2.24) is 0 Å². The lowest BCUT2D eigenvalue weighted by molar-refractivity contribution is -0.370. The average molecular weight is 1470 g/mol. The summed E-state index contributed by atoms with van der Waals surface area (Å²) >= 11 is 0. The molecule has 11 rings (SSSR count). The van der Waals surface area contributed by atoms with Crippen molar-refractivity contribution in [3.63, 3.8) is 0 Å². The second-order valence-electron chi connectivity index (χ2n) is 25.8. The van der Waals surface area contributed by atoms with Gasteiger partial charge in [0.05, 0.1) is 72.7 Å². The summed E-state index contributed by atoms with van der Waals surface area (Å²) in [5, 5.41) is 257. The highest BCUT2D eigenvalue weighted by molar-refractivity contribution is 4.98. The van der Waals surface area contributed by atoms with Gasteiger partial charge in [-0.3, -0.25) is 0 Å². The van der Waals surface area contributed by atoms with Gasteiger partial charge in [-0.05, 0) is 0 Å². The van der Waals surface area contributed by atoms with E-state index in [1.54, 1.807) is 0 Å². The van der Waals surface area contributed by atoms with Crippen molar-refractivity contribution in [2.45, 2.75) is 271 Å². The zero-order valence-electron chi connectivity index (χ0n) is 52.5. The largest absolute Gasteiger partial charge is 0.394 e. The molecule has 45 nitrogen and oxygen atoms in total. The fourth-order valence-corrected chi connectivity index (χ4v) is 12.7. The molecule has 45 heteroatoms. The summed E-state index contributed by atoms with van der Waals surface area (Å²) < 4.78 is 116. The van der Waals surface area contributed by atoms with Gasteiger partial charge in [0, 0.05) is 0 Å². The molecule has 0 aromatic heterocycles. The van der Waals surface area contributed by atoms with Crippen molar-refractivity contribution in [3.05, 3.63) is 0 Å². The predicted molar refractivity (Wildman–Crippen MR) is 296 cm³/mol. The van der Waals surface area contributed by atoms with Crippen LogP contribution in [0.4, 0.5) is 0 Å². The lowest BCUT2D eigenvalue weighted by Gasteiger charge is -2.46. The van der Waals surface area contributed by atoms with E-state index < -0.39 is 343 Å². The molecule has 0 aliphatic carbocycles. The number of hydrogen-bond donors (Lipinski definition) is 24. The minimum absolute atomic E-state index is 0.402. The van der Waals surface area contributed by atoms with Crippen LogP contribution in [0.3, 0.4) is 0 Å². The van der Waals surface area contributed by atoms with Crippen molar-refractivity contribution in [1.29, 1.82) is 0 Å². The second kappa shape index (κ2) is 34.2. The van der Waals surface area contributed by atoms with E-state index >= 15 is 0 Å². The first kappa shape index (κ1) is 79.2. The Hall–Kier alpha value is -1.80. The molecular weight excluding hydrogens is 1380 g/mol. The molecule has 0 saturated carbocycles. The zero-order chi connectivity index (χ0) is 72.0. The molecule has 0 amide bonds. The van der Waals surface area contributed by atoms with Crippen LogP contribution in [-0.2, 0) is 99.5 Å². The van der Waals surface area contributed by atoms with Crippen LogP contribution >= 0.6 is 0 Å². The average Bonchev–Trinajstić information content (AvgIpc) is 1.18. The van der Waals surface area contributed by atoms with E-state index in [1.807, 2.05) is 0 Å². The van der Waals surface area contributed by atoms with Gasteiger partial charge < -0.3 is 222 Å². The van der Waals surface area contributed by atoms with Gasteiger partial charge in [0.25, 0.3) is 0 Å². The van der Waals surface area contributed by atoms with Crippen LogP contribution in [0.5, 0.6) is 0 Å². The first-order valence-corrected chi connectivity index (χ1v) is 32.2. The lowest BCUT2D eigenvalue weighted by Crippen LogP contribution is -2.64. The van der Waals surface area contributed by atoms with E-state index in [9.17, 15) is 123 Å². The molecule has 100 heavy (non-hydrogen) atoms. The Morgan fingerprint density at radius 1 is 0.200 bits per heavy atom. The van der Waals surface area contributed by atoms with Crippen LogP contribution in [-0.4, -0.2) is 466 Å². The summed E-state index contributed by atoms with van der Waals surface area (Å²) in [6.45, 7) is -5.99. The van der Waals surface area contributed by atoms with Crippen LogP contribution in [0.2, 0.25) is 0 Å². The van der Waals surface area contributed by atoms with Crippen molar-refractivity contribution in [2.24, 2.45) is 0 Å². The summed E-state index contributed by atoms with van der Waals surface area (Å²) in [5.74, 6) is 0. The van der Waals surface area contributed by atoms with E-state index in [0.29, 0.717) is 0 Å². The molecular formula is C55H90O45. The molecule has 44 atom stereocenters. The SMILES string of the molecule is OC[C@@H]1O[C@@H](O[C@@H]2C(O)[C@H](O[C@@H]3CO[C@H](O[C@@H]4CO[C@H](O[C@@H]5CO[C@H](O[C@@H]6CO[C@H](O[C@@H]7CO[C@H](O[C@@H]8CO[C@H](O[C@@H]9CO[C@H](O[C@@H]%10CO[C@@H](O[C@@H]%11CO[C@@H](O)C(O)[C@H]%11O)C(O)[C@H]%10O)C(O)[C@H]9O)C(O)[C@H]8O)C(O)[C@H]7O)C(O)[C@H]6O)C(O)[C@H]5O)C(O)[C@H]4O)C(O)[C@H]3O)OC[C@H]2O)C(O)[C@@H]1O. The summed E-state index contributed by atoms with van der Waals surface area (Å²) in [6.07, 6.45) is -74.0. The normalized spacial score (nSPS) is 54.6. The van der Waals surface area contributed by atoms with Gasteiger partial charge in [-0.15, -0.1) is 0 Å². The van der Waals surface area contributed by atoms with Gasteiger partial charge >= 0.3 is 0 Å². The highest BCUT2D eigenvalue weighted by atomic mass is 16.8. The maximum absolute atomic E-state index is 11.1. The van der Waals surface area contributed by atoms with E-state index in [4.69, 9.17) is 99.5 Å². The second-order valence-corrected chi connectivity index (χ2v) is 25.8. The minimum atomic E-state index is -1.96. The molecule has 11 fully saturated rings. The Bertz CT molecular complexity index is 2510. The smallest absolute Gasteiger partial charge is 0.187 e. The molecule has 24 N–H and O–H groups in total. The monoisotopic (exact) mass is 1470 g/mol. The van der Waals surface area contributed by atoms with Crippen molar-refractivity contribution < 1.29 is 222 Å². The summed E-state index contributed by atoms with van der Waals surface area (Å²) in [7, 11) is 0. The standard InChI is InChI=1S/C55H90O45/c56-1-13-23(58)42(77)55(90-13)100-44-12(57)2-81-54(43(44)78)99-22-11-89-53(41(76)32(22)67)98-21-10-88-52(40(75)31(21)66)97-20-9-87-51(39(74)30(20)65)96-19-8-86-50(38(73)29(19)64)95-18-7-85-49(37(72)28(18)63)94-17-6-84-48(36(71)27(17)62)93-16-5-83-47(35(70)26(16)61)92-15-4-82-46(34(69)25(15)60)91-14-3-80-45(79)33(68)24(14)59/h12-79H,1-11H2/t12-,13+,14-,15-,16-,17-,18-,19-,20-,21-,22-,23-,24+,25+,26+,27+,28+,29+,30+,31+,32+,33?,34?,35?,36?,37?,38?,39?,40?,41?,42?,43?,44+,45-,46+,47-,48-,49-,50-,51-,52-,53-,54+,55+/m1/s1. The number of aliphatic hydroxyl groups is 24. The van der Waals surface area contributed by atoms with Crippen LogP contribution < -0.4 is 0 Å². The molecule has 0 aromatic rings. The fourth-order valence-electron chi connectivity index (χ4n) is 12.7. The van der Waals surface area contributed by atoms with Crippen molar-refractivity contribution >= 4 is 0 Å². The van der Waals surface area contributed by atoms with Crippen LogP contribution in [0.25, 0.3) is 0 Å². The third-order valence-electron chi connectivity index (χ3n) is 18.9. The topological polar surface area (TPSA) is 679 Å². The van der Waals surface area contributed by atoms with E-state index in [0.717, 1.165) is 0 Å². The van der Waals surface area contributed by atoms with Gasteiger partial charge in [-0.2, -0.15) is 0 Å². The van der Waals surface area contributed by atoms with Gasteiger partial charge in [0.1, 0.15) is 201 Å². The first-order chi connectivity index (χ1) is 47.5. The Labute approximate surface area is 564 Å². The Balaban J connectivity index is 0.566. The fraction of sp³-hybridized carbons (Fsp3) is 1.00. The van der Waals surface area contributed by atoms with Gasteiger partial charge in [0.2, 0.25) is 0 Å². The van der Waals surface area contributed by atoms with Gasteiger partial charge in [0.15, 0.2) is 69.2 Å². The molecule has 11 unspecified atom stereocenters. The molecule has 0 radical (unpaired) electrons. The Morgan fingerprint density at radius 3 is 0.630 bits per heavy atom. The highest BCUT2D eigenvalue weighted by Gasteiger charge is 2.56. The van der Waals surface area contributed by atoms with E-state index in [2.05, 4.69) is 0 Å². The number of rotatable bonds is 21. The zero-order valence-corrected chi connectivity index (χ0v) is 52.5. The van der Waals surface area contributed by atoms with Crippen LogP contribution in [0.1, 0.15) is 0 Å². The van der Waals surface area contributed by atoms with Gasteiger partial charge in [-0.1, -0.05) is 0 Å². The van der Waals surface area contributed by atoms with Crippen LogP contribution in [0, 0.1) is 0 Å². The summed E-state index contributed by atoms with van der Waals surface area (Å²) in [6, 6.07) is 0. The number of ether oxygens (including phenoxy) is 21. The summed E-state index contributed by atoms with van der Waals surface area (Å²) in [4.78, 5) is 0. The molecule has 580 valence electrons. The lowest BCUT2D eigenvalue weighted by atomic mass is 10.0. The first-order valence-electron chi connectivity index (χ1n) is 32.2. The highest BCUT2D eigenvalue weighted by Crippen LogP contribution is 2.36. The molecule has 11 saturated heterocycles. The van der Waals surface area contributed by atoms with Crippen molar-refractivity contribution in [3.8, 4) is 0 Å². The molecule has 0 bridgehead atoms. The maximum Gasteiger partial charge on any atom is 0.187 e. The van der Waals surface area contributed by atoms with E-state index in [1.165, 1.54) is 0 Å². The number of hydrogen-bond acceptors (Lipinski definition) is 45. The quantitative estimate of drug-likeness (QED) is 0.0507. The molecule has 11 aliphatic heterocycles. The van der Waals surface area contributed by atoms with E-state index in [-0.39, 0.29) is 0 Å². The van der Waals surface area contributed by atoms with Crippen LogP contribution in [0.15, 0.2) is 0 Å². The third kappa shape index (κ3) is 17.0. The van der Waals surface area contributed by atoms with Crippen molar-refractivity contribution in [2.75, 3.05) is 72.7 Å². The predicted octanol–water partition coefficient (Wildman–Crippen LogP) is -17.9. The maximum atomic E-state index is 11.1. The van der Waals surface area contributed by atoms with Gasteiger partial charge in [-0.25, -0.2) is 0 Å². The number of aliphatic hydroxyl groups excluding tert-OH is 24. The molecule has 0 aromatic carbocycles. The third-order valence-corrected chi connectivity index (χ3v) is 18.9. The molecule has 0 spiro atoms. The Kier molecular flexibility index (Phi) is 27.1. The molecule has 11 aliphatic rings.